The fourth-order valence-electron chi connectivity index (χ4n) is 5.64. The highest BCUT2D eigenvalue weighted by Crippen LogP contribution is 2.57. The normalized spacial score (nSPS) is 33.6. The van der Waals surface area contributed by atoms with Crippen LogP contribution in [0.2, 0.25) is 0 Å². The molecule has 1 heteroatoms. The Bertz CT molecular complexity index is 794. The van der Waals surface area contributed by atoms with Crippen LogP contribution in [-0.4, -0.2) is 4.57 Å². The number of para-hydroxylation sites is 1. The van der Waals surface area contributed by atoms with Crippen molar-refractivity contribution in [2.75, 3.05) is 0 Å². The highest BCUT2D eigenvalue weighted by Gasteiger charge is 2.48. The van der Waals surface area contributed by atoms with E-state index in [1.165, 1.54) is 49.6 Å². The maximum atomic E-state index is 4.15. The summed E-state index contributed by atoms with van der Waals surface area (Å²) < 4.78 is 2.69. The molecule has 3 aliphatic rings. The monoisotopic (exact) mass is 303 g/mol. The van der Waals surface area contributed by atoms with Gasteiger partial charge in [0.15, 0.2) is 0 Å². The fraction of sp³-hybridized carbons (Fsp3) is 0.455. The second-order valence-electron chi connectivity index (χ2n) is 7.65. The largest absolute Gasteiger partial charge is 0.344 e. The van der Waals surface area contributed by atoms with Crippen LogP contribution in [0.25, 0.3) is 10.9 Å². The van der Waals surface area contributed by atoms with E-state index < -0.39 is 0 Å². The summed E-state index contributed by atoms with van der Waals surface area (Å²) in [6.07, 6.45) is 13.7. The van der Waals surface area contributed by atoms with E-state index in [2.05, 4.69) is 53.6 Å². The molecule has 0 spiro atoms. The minimum Gasteiger partial charge on any atom is -0.344 e. The number of allylic oxidation sites excluding steroid dienone is 3. The highest BCUT2D eigenvalue weighted by molar-refractivity contribution is 5.86. The van der Waals surface area contributed by atoms with E-state index in [1.807, 2.05) is 0 Å². The van der Waals surface area contributed by atoms with Gasteiger partial charge in [0.05, 0.1) is 0 Å². The van der Waals surface area contributed by atoms with Crippen LogP contribution >= 0.6 is 0 Å². The number of aromatic nitrogens is 1. The molecule has 1 aromatic heterocycles. The van der Waals surface area contributed by atoms with Gasteiger partial charge in [0.2, 0.25) is 0 Å². The third-order valence-electron chi connectivity index (χ3n) is 6.58. The Morgan fingerprint density at radius 1 is 1.17 bits per heavy atom. The molecule has 2 heterocycles. The molecule has 0 saturated heterocycles. The molecule has 5 rings (SSSR count). The summed E-state index contributed by atoms with van der Waals surface area (Å²) in [5.41, 5.74) is 4.81. The first-order valence-corrected chi connectivity index (χ1v) is 9.27. The van der Waals surface area contributed by atoms with E-state index in [1.54, 1.807) is 11.3 Å². The molecule has 0 N–H and O–H groups in total. The van der Waals surface area contributed by atoms with E-state index in [0.29, 0.717) is 11.8 Å². The Hall–Kier alpha value is -1.76. The van der Waals surface area contributed by atoms with E-state index in [9.17, 15) is 0 Å². The average Bonchev–Trinajstić information content (AvgIpc) is 3.21. The summed E-state index contributed by atoms with van der Waals surface area (Å²) in [4.78, 5) is 0. The molecule has 2 aromatic rings. The zero-order valence-corrected chi connectivity index (χ0v) is 13.7. The van der Waals surface area contributed by atoms with Gasteiger partial charge in [0.25, 0.3) is 0 Å². The topological polar surface area (TPSA) is 4.93 Å². The smallest absolute Gasteiger partial charge is 0.0485 e. The van der Waals surface area contributed by atoms with Crippen molar-refractivity contribution >= 4 is 10.9 Å². The molecule has 1 saturated carbocycles. The molecule has 2 aliphatic carbocycles. The Kier molecular flexibility index (Phi) is 3.04. The maximum Gasteiger partial charge on any atom is 0.0485 e. The summed E-state index contributed by atoms with van der Waals surface area (Å²) in [6.45, 7) is 5.34. The molecule has 0 bridgehead atoms. The third-order valence-corrected chi connectivity index (χ3v) is 6.58. The lowest BCUT2D eigenvalue weighted by Gasteiger charge is -2.22. The van der Waals surface area contributed by atoms with Crippen LogP contribution in [0.5, 0.6) is 0 Å². The van der Waals surface area contributed by atoms with Crippen molar-refractivity contribution in [2.24, 2.45) is 17.8 Å². The van der Waals surface area contributed by atoms with Gasteiger partial charge in [-0.05, 0) is 61.5 Å². The second kappa shape index (κ2) is 5.12. The number of fused-ring (bicyclic) bond motifs is 3. The van der Waals surface area contributed by atoms with Crippen molar-refractivity contribution < 1.29 is 0 Å². The van der Waals surface area contributed by atoms with E-state index in [4.69, 9.17) is 0 Å². The van der Waals surface area contributed by atoms with Gasteiger partial charge in [-0.15, -0.1) is 6.58 Å². The predicted molar refractivity (Wildman–Crippen MR) is 96.7 cm³/mol. The molecule has 1 aromatic carbocycles. The van der Waals surface area contributed by atoms with Crippen molar-refractivity contribution in [3.05, 3.63) is 60.3 Å². The molecule has 0 unspecified atom stereocenters. The number of nitrogens with zero attached hydrogens (tertiary/aromatic N) is 1. The predicted octanol–water partition coefficient (Wildman–Crippen LogP) is 5.46. The SMILES string of the molecule is C=C[C@H]1C[C@H]2/C=C\CCCCn3c4c(c5ccccc53)C[C@H]1[C@@H]42. The van der Waals surface area contributed by atoms with E-state index >= 15 is 0 Å². The lowest BCUT2D eigenvalue weighted by atomic mass is 9.88. The first-order valence-electron chi connectivity index (χ1n) is 9.27. The molecule has 1 fully saturated rings. The highest BCUT2D eigenvalue weighted by atomic mass is 15.0. The van der Waals surface area contributed by atoms with Crippen LogP contribution in [0, 0.1) is 17.8 Å². The van der Waals surface area contributed by atoms with Crippen LogP contribution in [0.3, 0.4) is 0 Å². The number of aryl methyl sites for hydroxylation is 1. The van der Waals surface area contributed by atoms with Gasteiger partial charge in [0.1, 0.15) is 0 Å². The molecule has 23 heavy (non-hydrogen) atoms. The van der Waals surface area contributed by atoms with Crippen LogP contribution in [-0.2, 0) is 13.0 Å². The van der Waals surface area contributed by atoms with Crippen LogP contribution in [0.4, 0.5) is 0 Å². The minimum atomic E-state index is 0.690. The van der Waals surface area contributed by atoms with Gasteiger partial charge >= 0.3 is 0 Å². The third kappa shape index (κ3) is 1.86. The molecular formula is C22H25N. The van der Waals surface area contributed by atoms with E-state index in [0.717, 1.165) is 11.8 Å². The van der Waals surface area contributed by atoms with Gasteiger partial charge in [-0.3, -0.25) is 0 Å². The van der Waals surface area contributed by atoms with Crippen molar-refractivity contribution in [1.29, 1.82) is 0 Å². The lowest BCUT2D eigenvalue weighted by Crippen LogP contribution is -2.14. The van der Waals surface area contributed by atoms with Gasteiger partial charge < -0.3 is 4.57 Å². The van der Waals surface area contributed by atoms with E-state index in [-0.39, 0.29) is 0 Å². The van der Waals surface area contributed by atoms with Crippen molar-refractivity contribution in [1.82, 2.24) is 4.57 Å². The summed E-state index contributed by atoms with van der Waals surface area (Å²) in [7, 11) is 0. The first kappa shape index (κ1) is 13.7. The van der Waals surface area contributed by atoms with Crippen molar-refractivity contribution in [3.8, 4) is 0 Å². The molecule has 118 valence electrons. The summed E-state index contributed by atoms with van der Waals surface area (Å²) in [5.74, 6) is 2.90. The quantitative estimate of drug-likeness (QED) is 0.617. The fourth-order valence-corrected chi connectivity index (χ4v) is 5.64. The van der Waals surface area contributed by atoms with Crippen molar-refractivity contribution in [3.63, 3.8) is 0 Å². The van der Waals surface area contributed by atoms with Crippen molar-refractivity contribution in [2.45, 2.75) is 44.6 Å². The summed E-state index contributed by atoms with van der Waals surface area (Å²) >= 11 is 0. The zero-order valence-electron chi connectivity index (χ0n) is 13.7. The van der Waals surface area contributed by atoms with Gasteiger partial charge in [-0.2, -0.15) is 0 Å². The molecular weight excluding hydrogens is 278 g/mol. The number of hydrogen-bond acceptors (Lipinski definition) is 0. The first-order chi connectivity index (χ1) is 11.4. The van der Waals surface area contributed by atoms with Crippen LogP contribution in [0.1, 0.15) is 42.9 Å². The Morgan fingerprint density at radius 2 is 2.09 bits per heavy atom. The second-order valence-corrected chi connectivity index (χ2v) is 7.65. The molecule has 0 radical (unpaired) electrons. The summed E-state index contributed by atoms with van der Waals surface area (Å²) in [6, 6.07) is 9.09. The van der Waals surface area contributed by atoms with Gasteiger partial charge in [-0.25, -0.2) is 0 Å². The molecule has 4 atom stereocenters. The molecule has 1 nitrogen and oxygen atoms in total. The molecule has 0 amide bonds. The van der Waals surface area contributed by atoms with Gasteiger partial charge in [-0.1, -0.05) is 36.4 Å². The standard InChI is InChI=1S/C22H25N/c1-2-15-13-16-9-5-3-4-8-12-23-20-11-7-6-10-17(20)19-14-18(15)21(16)22(19)23/h2,5-7,9-11,15-16,18,21H,1,3-4,8,12-14H2/b9-5-/t15-,16+,18+,21-/m0/s1. The Balaban J connectivity index is 1.76. The number of benzene rings is 1. The minimum absolute atomic E-state index is 0.690. The lowest BCUT2D eigenvalue weighted by molar-refractivity contribution is 0.426. The van der Waals surface area contributed by atoms with Gasteiger partial charge in [0, 0.05) is 29.1 Å². The zero-order chi connectivity index (χ0) is 15.4. The maximum absolute atomic E-state index is 4.15. The number of hydrogen-bond donors (Lipinski definition) is 0. The Morgan fingerprint density at radius 3 is 3.00 bits per heavy atom. The molecule has 1 aliphatic heterocycles. The van der Waals surface area contributed by atoms with Crippen LogP contribution in [0.15, 0.2) is 49.1 Å². The summed E-state index contributed by atoms with van der Waals surface area (Å²) in [5, 5.41) is 1.52. The number of rotatable bonds is 1. The average molecular weight is 303 g/mol. The Labute approximate surface area is 138 Å². The van der Waals surface area contributed by atoms with Crippen LogP contribution < -0.4 is 0 Å².